The summed E-state index contributed by atoms with van der Waals surface area (Å²) < 4.78 is 5.50. The molecule has 2 aromatic rings. The van der Waals surface area contributed by atoms with Crippen LogP contribution in [0.4, 0.5) is 0 Å². The van der Waals surface area contributed by atoms with Gasteiger partial charge in [-0.25, -0.2) is 0 Å². The summed E-state index contributed by atoms with van der Waals surface area (Å²) in [6.45, 7) is 10.4. The predicted octanol–water partition coefficient (Wildman–Crippen LogP) is 4.52. The molecule has 0 spiro atoms. The van der Waals surface area contributed by atoms with Gasteiger partial charge in [0.1, 0.15) is 5.75 Å². The van der Waals surface area contributed by atoms with Gasteiger partial charge in [-0.3, -0.25) is 0 Å². The van der Waals surface area contributed by atoms with E-state index in [9.17, 15) is 0 Å². The molecule has 0 fully saturated rings. The van der Waals surface area contributed by atoms with Crippen molar-refractivity contribution in [3.05, 3.63) is 54.6 Å². The fraction of sp³-hybridized carbons (Fsp3) is 0.125. The average Bonchev–Trinajstić information content (AvgIpc) is 2.37. The molecule has 1 nitrogen and oxygen atoms in total. The van der Waals surface area contributed by atoms with Gasteiger partial charge in [-0.05, 0) is 41.0 Å². The summed E-state index contributed by atoms with van der Waals surface area (Å²) in [6, 6.07) is 10.3. The van der Waals surface area contributed by atoms with E-state index in [1.54, 1.807) is 0 Å². The van der Waals surface area contributed by atoms with Crippen LogP contribution in [0.1, 0.15) is 18.1 Å². The van der Waals surface area contributed by atoms with Gasteiger partial charge in [0.05, 0.1) is 6.61 Å². The van der Waals surface area contributed by atoms with Gasteiger partial charge >= 0.3 is 0 Å². The van der Waals surface area contributed by atoms with Gasteiger partial charge in [0.25, 0.3) is 0 Å². The number of fused-ring (bicyclic) bond motifs is 1. The van der Waals surface area contributed by atoms with Crippen molar-refractivity contribution in [2.24, 2.45) is 0 Å². The molecule has 0 saturated carbocycles. The van der Waals surface area contributed by atoms with E-state index in [4.69, 9.17) is 4.74 Å². The first-order chi connectivity index (χ1) is 8.30. The van der Waals surface area contributed by atoms with E-state index < -0.39 is 0 Å². The molecule has 2 rings (SSSR count). The highest BCUT2D eigenvalue weighted by Gasteiger charge is 2.03. The lowest BCUT2D eigenvalue weighted by Crippen LogP contribution is -1.91. The van der Waals surface area contributed by atoms with E-state index in [0.29, 0.717) is 6.61 Å². The largest absolute Gasteiger partial charge is 0.494 e. The Kier molecular flexibility index (Phi) is 3.29. The number of rotatable bonds is 4. The zero-order valence-electron chi connectivity index (χ0n) is 10.1. The predicted molar refractivity (Wildman–Crippen MR) is 75.3 cm³/mol. The van der Waals surface area contributed by atoms with E-state index in [2.05, 4.69) is 37.4 Å². The summed E-state index contributed by atoms with van der Waals surface area (Å²) in [5.41, 5.74) is 2.23. The lowest BCUT2D eigenvalue weighted by Gasteiger charge is -2.09. The van der Waals surface area contributed by atoms with Crippen molar-refractivity contribution in [3.63, 3.8) is 0 Å². The minimum atomic E-state index is 0.685. The molecule has 2 aromatic carbocycles. The molecule has 0 unspecified atom stereocenters. The van der Waals surface area contributed by atoms with Crippen LogP contribution >= 0.6 is 0 Å². The standard InChI is InChI=1S/C16H16O/c1-4-12-7-8-13-11-14(17-6-3)9-10-16(13)15(12)5-2/h4-5,7-11H,1-2,6H2,3H3. The van der Waals surface area contributed by atoms with Crippen molar-refractivity contribution in [2.75, 3.05) is 6.61 Å². The maximum absolute atomic E-state index is 5.50. The Morgan fingerprint density at radius 3 is 2.59 bits per heavy atom. The Bertz CT molecular complexity index is 567. The Morgan fingerprint density at radius 2 is 1.94 bits per heavy atom. The van der Waals surface area contributed by atoms with Crippen LogP contribution in [-0.2, 0) is 0 Å². The van der Waals surface area contributed by atoms with Crippen LogP contribution in [0.5, 0.6) is 5.75 Å². The highest BCUT2D eigenvalue weighted by atomic mass is 16.5. The van der Waals surface area contributed by atoms with Crippen molar-refractivity contribution >= 4 is 22.9 Å². The fourth-order valence-corrected chi connectivity index (χ4v) is 2.01. The zero-order valence-corrected chi connectivity index (χ0v) is 10.1. The molecule has 0 aliphatic heterocycles. The van der Waals surface area contributed by atoms with E-state index in [-0.39, 0.29) is 0 Å². The summed E-state index contributed by atoms with van der Waals surface area (Å²) in [6.07, 6.45) is 3.73. The second-order valence-corrected chi connectivity index (χ2v) is 3.79. The zero-order chi connectivity index (χ0) is 12.3. The van der Waals surface area contributed by atoms with Gasteiger partial charge < -0.3 is 4.74 Å². The molecule has 0 bridgehead atoms. The van der Waals surface area contributed by atoms with Crippen molar-refractivity contribution in [1.29, 1.82) is 0 Å². The lowest BCUT2D eigenvalue weighted by atomic mass is 9.99. The molecule has 0 N–H and O–H groups in total. The maximum atomic E-state index is 5.50. The van der Waals surface area contributed by atoms with Crippen LogP contribution in [0.2, 0.25) is 0 Å². The molecule has 0 aliphatic rings. The third kappa shape index (κ3) is 2.09. The molecule has 0 amide bonds. The highest BCUT2D eigenvalue weighted by molar-refractivity contribution is 5.94. The number of ether oxygens (including phenoxy) is 1. The van der Waals surface area contributed by atoms with Crippen molar-refractivity contribution in [2.45, 2.75) is 6.92 Å². The van der Waals surface area contributed by atoms with Gasteiger partial charge in [-0.15, -0.1) is 0 Å². The molecule has 0 radical (unpaired) electrons. The minimum absolute atomic E-state index is 0.685. The Hall–Kier alpha value is -2.02. The second-order valence-electron chi connectivity index (χ2n) is 3.79. The number of hydrogen-bond acceptors (Lipinski definition) is 1. The summed E-state index contributed by atoms with van der Waals surface area (Å²) in [5.74, 6) is 0.904. The van der Waals surface area contributed by atoms with Crippen LogP contribution in [-0.4, -0.2) is 6.61 Å². The Morgan fingerprint density at radius 1 is 1.12 bits per heavy atom. The number of hydrogen-bond donors (Lipinski definition) is 0. The summed E-state index contributed by atoms with van der Waals surface area (Å²) in [7, 11) is 0. The van der Waals surface area contributed by atoms with E-state index in [1.165, 1.54) is 5.39 Å². The summed E-state index contributed by atoms with van der Waals surface area (Å²) in [5, 5.41) is 2.34. The maximum Gasteiger partial charge on any atom is 0.119 e. The van der Waals surface area contributed by atoms with Gasteiger partial charge in [0.2, 0.25) is 0 Å². The topological polar surface area (TPSA) is 9.23 Å². The molecule has 0 aromatic heterocycles. The van der Waals surface area contributed by atoms with E-state index in [0.717, 1.165) is 22.3 Å². The first kappa shape index (κ1) is 11.5. The van der Waals surface area contributed by atoms with Crippen LogP contribution in [0.3, 0.4) is 0 Å². The van der Waals surface area contributed by atoms with Crippen LogP contribution in [0, 0.1) is 0 Å². The van der Waals surface area contributed by atoms with Crippen molar-refractivity contribution < 1.29 is 4.74 Å². The Labute approximate surface area is 102 Å². The van der Waals surface area contributed by atoms with Crippen molar-refractivity contribution in [1.82, 2.24) is 0 Å². The third-order valence-corrected chi connectivity index (χ3v) is 2.80. The van der Waals surface area contributed by atoms with Gasteiger partial charge in [0.15, 0.2) is 0 Å². The fourth-order valence-electron chi connectivity index (χ4n) is 2.01. The molecule has 86 valence electrons. The van der Waals surface area contributed by atoms with Gasteiger partial charge in [0, 0.05) is 0 Å². The molecule has 0 aliphatic carbocycles. The quantitative estimate of drug-likeness (QED) is 0.741. The van der Waals surface area contributed by atoms with Crippen LogP contribution in [0.15, 0.2) is 43.5 Å². The molecule has 0 heterocycles. The van der Waals surface area contributed by atoms with Gasteiger partial charge in [-0.1, -0.05) is 43.5 Å². The molecular weight excluding hydrogens is 208 g/mol. The third-order valence-electron chi connectivity index (χ3n) is 2.80. The smallest absolute Gasteiger partial charge is 0.119 e. The van der Waals surface area contributed by atoms with E-state index >= 15 is 0 Å². The monoisotopic (exact) mass is 224 g/mol. The summed E-state index contributed by atoms with van der Waals surface area (Å²) >= 11 is 0. The average molecular weight is 224 g/mol. The van der Waals surface area contributed by atoms with Crippen LogP contribution < -0.4 is 4.74 Å². The number of benzene rings is 2. The first-order valence-corrected chi connectivity index (χ1v) is 5.74. The molecule has 0 atom stereocenters. The van der Waals surface area contributed by atoms with Gasteiger partial charge in [-0.2, -0.15) is 0 Å². The normalized spacial score (nSPS) is 10.2. The summed E-state index contributed by atoms with van der Waals surface area (Å²) in [4.78, 5) is 0. The lowest BCUT2D eigenvalue weighted by molar-refractivity contribution is 0.341. The first-order valence-electron chi connectivity index (χ1n) is 5.74. The van der Waals surface area contributed by atoms with Crippen LogP contribution in [0.25, 0.3) is 22.9 Å². The molecular formula is C16H16O. The van der Waals surface area contributed by atoms with E-state index in [1.807, 2.05) is 25.1 Å². The molecule has 17 heavy (non-hydrogen) atoms. The second kappa shape index (κ2) is 4.88. The van der Waals surface area contributed by atoms with Crippen molar-refractivity contribution in [3.8, 4) is 5.75 Å². The Balaban J connectivity index is 2.66. The molecule has 1 heteroatoms. The molecule has 0 saturated heterocycles. The SMILES string of the molecule is C=Cc1ccc2cc(OCC)ccc2c1C=C. The highest BCUT2D eigenvalue weighted by Crippen LogP contribution is 2.27. The minimum Gasteiger partial charge on any atom is -0.494 e.